The van der Waals surface area contributed by atoms with Crippen LogP contribution >= 0.6 is 0 Å². The molecular formula is C15H23NO4. The van der Waals surface area contributed by atoms with Crippen molar-refractivity contribution in [3.8, 4) is 0 Å². The van der Waals surface area contributed by atoms with Gasteiger partial charge in [-0.15, -0.1) is 0 Å². The van der Waals surface area contributed by atoms with Gasteiger partial charge < -0.3 is 15.2 Å². The summed E-state index contributed by atoms with van der Waals surface area (Å²) in [7, 11) is 0. The fourth-order valence-electron chi connectivity index (χ4n) is 3.98. The highest BCUT2D eigenvalue weighted by Gasteiger charge is 2.71. The predicted molar refractivity (Wildman–Crippen MR) is 71.5 cm³/mol. The van der Waals surface area contributed by atoms with E-state index in [9.17, 15) is 9.59 Å². The van der Waals surface area contributed by atoms with E-state index < -0.39 is 10.8 Å². The van der Waals surface area contributed by atoms with Crippen molar-refractivity contribution in [1.82, 2.24) is 0 Å². The molecule has 1 heterocycles. The number of fused-ring (bicyclic) bond motifs is 1. The fraction of sp³-hybridized carbons (Fsp3) is 0.867. The van der Waals surface area contributed by atoms with Crippen molar-refractivity contribution in [1.29, 1.82) is 0 Å². The summed E-state index contributed by atoms with van der Waals surface area (Å²) in [6, 6.07) is 0. The van der Waals surface area contributed by atoms with Gasteiger partial charge in [-0.05, 0) is 33.1 Å². The summed E-state index contributed by atoms with van der Waals surface area (Å²) >= 11 is 0. The molecule has 5 atom stereocenters. The van der Waals surface area contributed by atoms with Crippen LogP contribution in [0.5, 0.6) is 0 Å². The molecule has 0 aromatic rings. The number of hydrogen-bond acceptors (Lipinski definition) is 5. The minimum Gasteiger partial charge on any atom is -0.458 e. The SMILES string of the molecule is CCC(C)(C)C(=O)OC1C2CC3C1OC(=O)C3(CN)C2. The van der Waals surface area contributed by atoms with Gasteiger partial charge in [-0.2, -0.15) is 0 Å². The number of hydrogen-bond donors (Lipinski definition) is 1. The lowest BCUT2D eigenvalue weighted by Gasteiger charge is -2.32. The fourth-order valence-corrected chi connectivity index (χ4v) is 3.98. The average Bonchev–Trinajstić information content (AvgIpc) is 3.00. The zero-order valence-electron chi connectivity index (χ0n) is 12.3. The molecule has 5 unspecified atom stereocenters. The lowest BCUT2D eigenvalue weighted by atomic mass is 9.73. The monoisotopic (exact) mass is 281 g/mol. The molecule has 3 fully saturated rings. The Hall–Kier alpha value is -1.10. The molecule has 5 heteroatoms. The molecule has 3 aliphatic rings. The molecule has 112 valence electrons. The topological polar surface area (TPSA) is 78.6 Å². The van der Waals surface area contributed by atoms with Gasteiger partial charge in [0.1, 0.15) is 12.2 Å². The van der Waals surface area contributed by atoms with E-state index in [0.29, 0.717) is 13.0 Å². The second-order valence-corrected chi connectivity index (χ2v) is 7.14. The number of ether oxygens (including phenoxy) is 2. The molecule has 2 aliphatic carbocycles. The predicted octanol–water partition coefficient (Wildman–Crippen LogP) is 1.24. The summed E-state index contributed by atoms with van der Waals surface area (Å²) < 4.78 is 11.2. The van der Waals surface area contributed by atoms with Gasteiger partial charge in [-0.25, -0.2) is 0 Å². The summed E-state index contributed by atoms with van der Waals surface area (Å²) in [5, 5.41) is 0. The number of esters is 2. The third-order valence-corrected chi connectivity index (χ3v) is 5.77. The lowest BCUT2D eigenvalue weighted by Crippen LogP contribution is -2.45. The molecule has 20 heavy (non-hydrogen) atoms. The first-order chi connectivity index (χ1) is 9.35. The lowest BCUT2D eigenvalue weighted by molar-refractivity contribution is -0.170. The highest BCUT2D eigenvalue weighted by Crippen LogP contribution is 2.62. The molecule has 3 rings (SSSR count). The Labute approximate surface area is 119 Å². The summed E-state index contributed by atoms with van der Waals surface area (Å²) in [5.41, 5.74) is 4.82. The van der Waals surface area contributed by atoms with Crippen LogP contribution in [0.2, 0.25) is 0 Å². The van der Waals surface area contributed by atoms with Gasteiger partial charge in [-0.1, -0.05) is 6.92 Å². The quantitative estimate of drug-likeness (QED) is 0.784. The number of carbonyl (C=O) groups excluding carboxylic acids is 2. The Morgan fingerprint density at radius 3 is 2.85 bits per heavy atom. The Morgan fingerprint density at radius 2 is 2.25 bits per heavy atom. The van der Waals surface area contributed by atoms with Crippen molar-refractivity contribution < 1.29 is 19.1 Å². The van der Waals surface area contributed by atoms with E-state index in [-0.39, 0.29) is 36.0 Å². The van der Waals surface area contributed by atoms with Crippen LogP contribution < -0.4 is 5.73 Å². The Bertz CT molecular complexity index is 461. The van der Waals surface area contributed by atoms with Crippen LogP contribution in [-0.2, 0) is 19.1 Å². The Kier molecular flexibility index (Phi) is 2.91. The van der Waals surface area contributed by atoms with Crippen molar-refractivity contribution in [2.75, 3.05) is 6.54 Å². The van der Waals surface area contributed by atoms with Gasteiger partial charge in [-0.3, -0.25) is 9.59 Å². The van der Waals surface area contributed by atoms with Crippen LogP contribution in [0.3, 0.4) is 0 Å². The molecule has 0 aromatic heterocycles. The van der Waals surface area contributed by atoms with E-state index in [1.807, 2.05) is 20.8 Å². The summed E-state index contributed by atoms with van der Waals surface area (Å²) in [6.45, 7) is 6.07. The van der Waals surface area contributed by atoms with Crippen LogP contribution in [0, 0.1) is 22.7 Å². The molecule has 2 saturated carbocycles. The van der Waals surface area contributed by atoms with Crippen molar-refractivity contribution in [2.24, 2.45) is 28.4 Å². The summed E-state index contributed by atoms with van der Waals surface area (Å²) in [5.74, 6) is -0.0335. The van der Waals surface area contributed by atoms with Crippen LogP contribution in [0.4, 0.5) is 0 Å². The molecule has 0 aromatic carbocycles. The smallest absolute Gasteiger partial charge is 0.314 e. The van der Waals surface area contributed by atoms with Gasteiger partial charge in [0.05, 0.1) is 10.8 Å². The van der Waals surface area contributed by atoms with Crippen LogP contribution in [-0.4, -0.2) is 30.7 Å². The van der Waals surface area contributed by atoms with Crippen LogP contribution in [0.25, 0.3) is 0 Å². The third-order valence-electron chi connectivity index (χ3n) is 5.77. The van der Waals surface area contributed by atoms with E-state index in [1.165, 1.54) is 0 Å². The van der Waals surface area contributed by atoms with Crippen molar-refractivity contribution >= 4 is 11.9 Å². The van der Waals surface area contributed by atoms with Gasteiger partial charge in [0.2, 0.25) is 0 Å². The maximum atomic E-state index is 12.2. The second kappa shape index (κ2) is 4.20. The zero-order chi connectivity index (χ0) is 14.7. The molecule has 5 nitrogen and oxygen atoms in total. The summed E-state index contributed by atoms with van der Waals surface area (Å²) in [6.07, 6.45) is 1.77. The highest BCUT2D eigenvalue weighted by molar-refractivity contribution is 5.82. The third kappa shape index (κ3) is 1.59. The van der Waals surface area contributed by atoms with E-state index in [0.717, 1.165) is 12.8 Å². The molecule has 1 aliphatic heterocycles. The Morgan fingerprint density at radius 1 is 1.55 bits per heavy atom. The zero-order valence-corrected chi connectivity index (χ0v) is 12.3. The molecule has 2 N–H and O–H groups in total. The first-order valence-electron chi connectivity index (χ1n) is 7.48. The summed E-state index contributed by atoms with van der Waals surface area (Å²) in [4.78, 5) is 24.3. The van der Waals surface area contributed by atoms with Gasteiger partial charge in [0.25, 0.3) is 0 Å². The van der Waals surface area contributed by atoms with Gasteiger partial charge >= 0.3 is 11.9 Å². The van der Waals surface area contributed by atoms with Crippen molar-refractivity contribution in [3.63, 3.8) is 0 Å². The number of carbonyl (C=O) groups is 2. The van der Waals surface area contributed by atoms with Crippen molar-refractivity contribution in [3.05, 3.63) is 0 Å². The average molecular weight is 281 g/mol. The number of nitrogens with two attached hydrogens (primary N) is 1. The van der Waals surface area contributed by atoms with E-state index in [4.69, 9.17) is 15.2 Å². The van der Waals surface area contributed by atoms with E-state index in [2.05, 4.69) is 0 Å². The van der Waals surface area contributed by atoms with E-state index >= 15 is 0 Å². The van der Waals surface area contributed by atoms with Crippen molar-refractivity contribution in [2.45, 2.75) is 52.2 Å². The molecule has 2 bridgehead atoms. The largest absolute Gasteiger partial charge is 0.458 e. The minimum atomic E-state index is -0.501. The Balaban J connectivity index is 1.77. The first-order valence-corrected chi connectivity index (χ1v) is 7.48. The first kappa shape index (κ1) is 13.9. The maximum absolute atomic E-state index is 12.2. The van der Waals surface area contributed by atoms with Crippen LogP contribution in [0.1, 0.15) is 40.0 Å². The van der Waals surface area contributed by atoms with E-state index in [1.54, 1.807) is 0 Å². The standard InChI is InChI=1S/C15H23NO4/c1-4-14(2,3)12(17)19-10-8-5-9-11(10)20-13(18)15(9,6-8)7-16/h8-11H,4-7,16H2,1-3H3. The molecule has 0 radical (unpaired) electrons. The van der Waals surface area contributed by atoms with Gasteiger partial charge in [0.15, 0.2) is 0 Å². The van der Waals surface area contributed by atoms with Crippen LogP contribution in [0.15, 0.2) is 0 Å². The highest BCUT2D eigenvalue weighted by atomic mass is 16.6. The second-order valence-electron chi connectivity index (χ2n) is 7.14. The van der Waals surface area contributed by atoms with Gasteiger partial charge in [0, 0.05) is 18.4 Å². The molecule has 0 spiro atoms. The molecule has 0 amide bonds. The minimum absolute atomic E-state index is 0.132. The number of rotatable bonds is 4. The maximum Gasteiger partial charge on any atom is 0.314 e. The molecule has 1 saturated heterocycles. The normalized spacial score (nSPS) is 41.9. The molecular weight excluding hydrogens is 258 g/mol.